The van der Waals surface area contributed by atoms with E-state index in [4.69, 9.17) is 34.8 Å². The molecule has 0 spiro atoms. The minimum absolute atomic E-state index is 0.382. The summed E-state index contributed by atoms with van der Waals surface area (Å²) in [6, 6.07) is 5.44. The molecule has 1 aromatic heterocycles. The molecule has 110 valence electrons. The molecule has 6 heteroatoms. The van der Waals surface area contributed by atoms with Crippen LogP contribution in [0.2, 0.25) is 15.3 Å². The van der Waals surface area contributed by atoms with Crippen LogP contribution in [0.15, 0.2) is 22.7 Å². The monoisotopic (exact) mass is 404 g/mol. The lowest BCUT2D eigenvalue weighted by molar-refractivity contribution is 0.715. The molecule has 1 aliphatic rings. The Hall–Kier alpha value is -0.350. The number of hydrogen-bond acceptors (Lipinski definition) is 2. The highest BCUT2D eigenvalue weighted by Gasteiger charge is 2.25. The van der Waals surface area contributed by atoms with Crippen LogP contribution in [0.5, 0.6) is 0 Å². The fourth-order valence-electron chi connectivity index (χ4n) is 2.76. The van der Waals surface area contributed by atoms with Crippen LogP contribution in [0.4, 0.5) is 0 Å². The first kappa shape index (κ1) is 15.5. The van der Waals surface area contributed by atoms with Crippen molar-refractivity contribution in [1.29, 1.82) is 0 Å². The fraction of sp³-hybridized carbons (Fsp3) is 0.333. The molecule has 1 aromatic carbocycles. The lowest BCUT2D eigenvalue weighted by atomic mass is 10.0. The second kappa shape index (κ2) is 6.41. The van der Waals surface area contributed by atoms with Gasteiger partial charge >= 0.3 is 0 Å². The van der Waals surface area contributed by atoms with E-state index in [0.717, 1.165) is 28.4 Å². The molecule has 0 unspecified atom stereocenters. The van der Waals surface area contributed by atoms with E-state index in [-0.39, 0.29) is 0 Å². The maximum absolute atomic E-state index is 6.37. The fourth-order valence-corrected chi connectivity index (χ4v) is 4.32. The molecule has 2 aromatic rings. The molecular formula is C15H12BrCl3N2. The van der Waals surface area contributed by atoms with Crippen LogP contribution in [0, 0.1) is 0 Å². The molecule has 0 radical (unpaired) electrons. The second-order valence-corrected chi connectivity index (χ2v) is 7.15. The van der Waals surface area contributed by atoms with Gasteiger partial charge in [-0.1, -0.05) is 47.6 Å². The largest absolute Gasteiger partial charge is 0.216 e. The number of benzene rings is 1. The highest BCUT2D eigenvalue weighted by molar-refractivity contribution is 9.10. The minimum Gasteiger partial charge on any atom is -0.216 e. The van der Waals surface area contributed by atoms with Crippen molar-refractivity contribution in [3.63, 3.8) is 0 Å². The van der Waals surface area contributed by atoms with Gasteiger partial charge < -0.3 is 0 Å². The van der Waals surface area contributed by atoms with Crippen molar-refractivity contribution in [1.82, 2.24) is 9.97 Å². The summed E-state index contributed by atoms with van der Waals surface area (Å²) in [6.07, 6.45) is 4.63. The molecule has 0 amide bonds. The molecule has 0 bridgehead atoms. The molecule has 1 fully saturated rings. The molecule has 0 atom stereocenters. The van der Waals surface area contributed by atoms with E-state index < -0.39 is 0 Å². The molecule has 0 N–H and O–H groups in total. The van der Waals surface area contributed by atoms with Crippen molar-refractivity contribution in [3.8, 4) is 11.4 Å². The number of nitrogens with zero attached hydrogens (tertiary/aromatic N) is 2. The molecule has 3 rings (SSSR count). The quantitative estimate of drug-likeness (QED) is 0.530. The third-order valence-corrected chi connectivity index (χ3v) is 5.26. The van der Waals surface area contributed by atoms with Gasteiger partial charge in [-0.3, -0.25) is 0 Å². The normalized spacial score (nSPS) is 15.6. The van der Waals surface area contributed by atoms with Crippen molar-refractivity contribution in [2.45, 2.75) is 31.6 Å². The summed E-state index contributed by atoms with van der Waals surface area (Å²) >= 11 is 22.2. The van der Waals surface area contributed by atoms with Crippen LogP contribution in [-0.2, 0) is 0 Å². The predicted molar refractivity (Wildman–Crippen MR) is 91.4 cm³/mol. The van der Waals surface area contributed by atoms with E-state index in [1.54, 1.807) is 12.1 Å². The Morgan fingerprint density at radius 1 is 1.00 bits per heavy atom. The highest BCUT2D eigenvalue weighted by atomic mass is 79.9. The van der Waals surface area contributed by atoms with Crippen LogP contribution < -0.4 is 0 Å². The zero-order chi connectivity index (χ0) is 15.0. The summed E-state index contributed by atoms with van der Waals surface area (Å²) in [5.41, 5.74) is 1.71. The number of hydrogen-bond donors (Lipinski definition) is 0. The molecule has 1 heterocycles. The summed E-state index contributed by atoms with van der Waals surface area (Å²) in [7, 11) is 0. The Morgan fingerprint density at radius 3 is 2.19 bits per heavy atom. The van der Waals surface area contributed by atoms with Gasteiger partial charge in [-0.2, -0.15) is 0 Å². The first-order chi connectivity index (χ1) is 10.1. The van der Waals surface area contributed by atoms with Gasteiger partial charge in [-0.15, -0.1) is 0 Å². The van der Waals surface area contributed by atoms with E-state index in [2.05, 4.69) is 25.9 Å². The van der Waals surface area contributed by atoms with Gasteiger partial charge in [-0.25, -0.2) is 9.97 Å². The molecule has 21 heavy (non-hydrogen) atoms. The molecular weight excluding hydrogens is 394 g/mol. The van der Waals surface area contributed by atoms with Gasteiger partial charge in [0.05, 0.1) is 0 Å². The summed E-state index contributed by atoms with van der Waals surface area (Å²) < 4.78 is 0.816. The number of halogens is 4. The topological polar surface area (TPSA) is 25.8 Å². The van der Waals surface area contributed by atoms with Crippen LogP contribution in [0.25, 0.3) is 11.4 Å². The zero-order valence-electron chi connectivity index (χ0n) is 11.0. The standard InChI is InChI=1S/C15H12BrCl3N2/c16-11-7-9(17)5-6-10(11)15-20-13(18)12(14(19)21-15)8-3-1-2-4-8/h5-8H,1-4H2. The molecule has 1 aliphatic carbocycles. The zero-order valence-corrected chi connectivity index (χ0v) is 14.9. The van der Waals surface area contributed by atoms with Crippen molar-refractivity contribution >= 4 is 50.7 Å². The third-order valence-electron chi connectivity index (χ3n) is 3.79. The molecule has 0 saturated heterocycles. The SMILES string of the molecule is Clc1ccc(-c2nc(Cl)c(C3CCCC3)c(Cl)n2)c(Br)c1. The van der Waals surface area contributed by atoms with Gasteiger partial charge in [-0.05, 0) is 52.9 Å². The highest BCUT2D eigenvalue weighted by Crippen LogP contribution is 2.41. The maximum atomic E-state index is 6.37. The van der Waals surface area contributed by atoms with Crippen molar-refractivity contribution in [3.05, 3.63) is 43.6 Å². The summed E-state index contributed by atoms with van der Waals surface area (Å²) in [5, 5.41) is 1.56. The average molecular weight is 407 g/mol. The van der Waals surface area contributed by atoms with E-state index in [1.165, 1.54) is 12.8 Å². The lowest BCUT2D eigenvalue weighted by Crippen LogP contribution is -2.01. The second-order valence-electron chi connectivity index (χ2n) is 5.15. The van der Waals surface area contributed by atoms with Crippen LogP contribution >= 0.6 is 50.7 Å². The average Bonchev–Trinajstić information content (AvgIpc) is 2.91. The Morgan fingerprint density at radius 2 is 1.62 bits per heavy atom. The number of rotatable bonds is 2. The molecule has 0 aliphatic heterocycles. The van der Waals surface area contributed by atoms with Gasteiger partial charge in [0.1, 0.15) is 10.3 Å². The van der Waals surface area contributed by atoms with E-state index in [1.807, 2.05) is 6.07 Å². The Balaban J connectivity index is 2.05. The minimum atomic E-state index is 0.382. The van der Waals surface area contributed by atoms with Crippen molar-refractivity contribution in [2.75, 3.05) is 0 Å². The number of aromatic nitrogens is 2. The van der Waals surface area contributed by atoms with Crippen LogP contribution in [0.3, 0.4) is 0 Å². The van der Waals surface area contributed by atoms with Crippen molar-refractivity contribution < 1.29 is 0 Å². The summed E-state index contributed by atoms with van der Waals surface area (Å²) in [5.74, 6) is 0.892. The van der Waals surface area contributed by atoms with Crippen molar-refractivity contribution in [2.24, 2.45) is 0 Å². The van der Waals surface area contributed by atoms with E-state index in [0.29, 0.717) is 27.1 Å². The smallest absolute Gasteiger partial charge is 0.163 e. The summed E-state index contributed by atoms with van der Waals surface area (Å²) in [4.78, 5) is 8.87. The van der Waals surface area contributed by atoms with E-state index >= 15 is 0 Å². The Bertz CT molecular complexity index is 662. The maximum Gasteiger partial charge on any atom is 0.163 e. The predicted octanol–water partition coefficient (Wildman–Crippen LogP) is 6.52. The molecule has 1 saturated carbocycles. The Kier molecular flexibility index (Phi) is 4.75. The molecule has 2 nitrogen and oxygen atoms in total. The van der Waals surface area contributed by atoms with Gasteiger partial charge in [0.2, 0.25) is 0 Å². The van der Waals surface area contributed by atoms with Crippen LogP contribution in [0.1, 0.15) is 37.2 Å². The third kappa shape index (κ3) is 3.21. The first-order valence-electron chi connectivity index (χ1n) is 6.74. The Labute approximate surface area is 147 Å². The van der Waals surface area contributed by atoms with Crippen LogP contribution in [-0.4, -0.2) is 9.97 Å². The van der Waals surface area contributed by atoms with Gasteiger partial charge in [0.15, 0.2) is 5.82 Å². The lowest BCUT2D eigenvalue weighted by Gasteiger charge is -2.14. The van der Waals surface area contributed by atoms with Gasteiger partial charge in [0, 0.05) is 20.6 Å². The summed E-state index contributed by atoms with van der Waals surface area (Å²) in [6.45, 7) is 0. The van der Waals surface area contributed by atoms with Gasteiger partial charge in [0.25, 0.3) is 0 Å². The van der Waals surface area contributed by atoms with E-state index in [9.17, 15) is 0 Å². The first-order valence-corrected chi connectivity index (χ1v) is 8.67.